The van der Waals surface area contributed by atoms with Crippen LogP contribution < -0.4 is 21.5 Å². The molecule has 0 radical (unpaired) electrons. The van der Waals surface area contributed by atoms with E-state index in [0.717, 1.165) is 11.1 Å². The Morgan fingerprint density at radius 1 is 1.27 bits per heavy atom. The van der Waals surface area contributed by atoms with Gasteiger partial charge in [-0.2, -0.15) is 5.10 Å². The summed E-state index contributed by atoms with van der Waals surface area (Å²) in [6.45, 7) is 1.04. The van der Waals surface area contributed by atoms with Gasteiger partial charge in [0.25, 0.3) is 5.91 Å². The van der Waals surface area contributed by atoms with Crippen molar-refractivity contribution in [3.8, 4) is 17.0 Å². The van der Waals surface area contributed by atoms with Gasteiger partial charge in [-0.05, 0) is 24.1 Å². The largest absolute Gasteiger partial charge is 0.496 e. The quantitative estimate of drug-likeness (QED) is 0.506. The molecule has 2 atom stereocenters. The van der Waals surface area contributed by atoms with Gasteiger partial charge in [-0.3, -0.25) is 4.79 Å². The third-order valence-corrected chi connectivity index (χ3v) is 5.85. The van der Waals surface area contributed by atoms with Crippen LogP contribution in [-0.2, 0) is 17.8 Å². The van der Waals surface area contributed by atoms with E-state index in [4.69, 9.17) is 20.9 Å². The summed E-state index contributed by atoms with van der Waals surface area (Å²) in [5.41, 5.74) is 15.8. The van der Waals surface area contributed by atoms with Gasteiger partial charge in [0.2, 0.25) is 0 Å². The molecule has 1 saturated heterocycles. The summed E-state index contributed by atoms with van der Waals surface area (Å²) in [6.07, 6.45) is -0.671. The summed E-state index contributed by atoms with van der Waals surface area (Å²) < 4.78 is 26.4. The Labute approximate surface area is 191 Å². The standard InChI is InChI=1S/C24H28FN5O3/c1-32-21-5-3-2-4-17(21)24(31)28-13-15-6-8-16(9-7-15)22-18(12-26)23(27)30(29-22)20-10-11-33-14-19(20)25/h2-9,19-20H,10-14,26-27H2,1H3,(H,28,31)/t19-,20+/m0/s1. The predicted octanol–water partition coefficient (Wildman–Crippen LogP) is 2.83. The number of nitrogens with zero attached hydrogens (tertiary/aromatic N) is 2. The van der Waals surface area contributed by atoms with Gasteiger partial charge in [0.1, 0.15) is 17.7 Å². The third-order valence-electron chi connectivity index (χ3n) is 5.85. The van der Waals surface area contributed by atoms with Gasteiger partial charge in [0, 0.05) is 30.8 Å². The lowest BCUT2D eigenvalue weighted by Crippen LogP contribution is -2.32. The summed E-state index contributed by atoms with van der Waals surface area (Å²) in [5.74, 6) is 0.689. The normalized spacial score (nSPS) is 18.2. The second-order valence-corrected chi connectivity index (χ2v) is 7.89. The maximum absolute atomic E-state index is 14.4. The van der Waals surface area contributed by atoms with E-state index in [2.05, 4.69) is 10.4 Å². The SMILES string of the molecule is COc1ccccc1C(=O)NCc1ccc(-c2nn([C@@H]3CCOC[C@@H]3F)c(N)c2CN)cc1. The monoisotopic (exact) mass is 453 g/mol. The van der Waals surface area contributed by atoms with Crippen LogP contribution in [-0.4, -0.2) is 42.2 Å². The van der Waals surface area contributed by atoms with Crippen molar-refractivity contribution in [2.45, 2.75) is 31.7 Å². The fraction of sp³-hybridized carbons (Fsp3) is 0.333. The van der Waals surface area contributed by atoms with Crippen molar-refractivity contribution < 1.29 is 18.7 Å². The Morgan fingerprint density at radius 3 is 2.73 bits per heavy atom. The number of halogens is 1. The molecular formula is C24H28FN5O3. The Kier molecular flexibility index (Phi) is 6.90. The van der Waals surface area contributed by atoms with Crippen LogP contribution in [0, 0.1) is 0 Å². The minimum atomic E-state index is -1.17. The number of carbonyl (C=O) groups is 1. The highest BCUT2D eigenvalue weighted by Crippen LogP contribution is 2.33. The van der Waals surface area contributed by atoms with Crippen LogP contribution >= 0.6 is 0 Å². The number of rotatable bonds is 7. The van der Waals surface area contributed by atoms with Crippen LogP contribution in [0.1, 0.15) is 33.9 Å². The molecule has 1 aromatic heterocycles. The Hall–Kier alpha value is -3.43. The van der Waals surface area contributed by atoms with Gasteiger partial charge < -0.3 is 26.3 Å². The Bertz CT molecular complexity index is 1120. The number of anilines is 1. The van der Waals surface area contributed by atoms with Gasteiger partial charge >= 0.3 is 0 Å². The first-order valence-corrected chi connectivity index (χ1v) is 10.8. The number of nitrogen functional groups attached to an aromatic ring is 1. The minimum Gasteiger partial charge on any atom is -0.496 e. The molecule has 9 heteroatoms. The number of benzene rings is 2. The Morgan fingerprint density at radius 2 is 2.03 bits per heavy atom. The molecule has 2 aromatic carbocycles. The highest BCUT2D eigenvalue weighted by atomic mass is 19.1. The lowest BCUT2D eigenvalue weighted by molar-refractivity contribution is 0.000589. The molecule has 4 rings (SSSR count). The van der Waals surface area contributed by atoms with Crippen molar-refractivity contribution in [3.63, 3.8) is 0 Å². The number of hydrogen-bond acceptors (Lipinski definition) is 6. The van der Waals surface area contributed by atoms with Gasteiger partial charge in [-0.1, -0.05) is 36.4 Å². The molecule has 1 aliphatic heterocycles. The lowest BCUT2D eigenvalue weighted by atomic mass is 10.0. The number of amides is 1. The van der Waals surface area contributed by atoms with Crippen LogP contribution in [0.5, 0.6) is 5.75 Å². The molecule has 0 aliphatic carbocycles. The molecule has 33 heavy (non-hydrogen) atoms. The number of alkyl halides is 1. The fourth-order valence-corrected chi connectivity index (χ4v) is 4.03. The molecule has 1 aliphatic rings. The zero-order chi connectivity index (χ0) is 23.4. The molecule has 0 bridgehead atoms. The van der Waals surface area contributed by atoms with E-state index in [1.54, 1.807) is 22.9 Å². The molecule has 0 unspecified atom stereocenters. The smallest absolute Gasteiger partial charge is 0.255 e. The summed E-state index contributed by atoms with van der Waals surface area (Å²) in [6, 6.07) is 14.2. The van der Waals surface area contributed by atoms with Crippen LogP contribution in [0.15, 0.2) is 48.5 Å². The summed E-state index contributed by atoms with van der Waals surface area (Å²) in [4.78, 5) is 12.5. The van der Waals surface area contributed by atoms with Crippen LogP contribution in [0.3, 0.4) is 0 Å². The summed E-state index contributed by atoms with van der Waals surface area (Å²) >= 11 is 0. The average Bonchev–Trinajstić information content (AvgIpc) is 3.19. The van der Waals surface area contributed by atoms with Crippen LogP contribution in [0.2, 0.25) is 0 Å². The average molecular weight is 454 g/mol. The molecule has 5 N–H and O–H groups in total. The molecular weight excluding hydrogens is 425 g/mol. The second kappa shape index (κ2) is 10.0. The number of nitrogens with two attached hydrogens (primary N) is 2. The number of aromatic nitrogens is 2. The molecule has 2 heterocycles. The highest BCUT2D eigenvalue weighted by Gasteiger charge is 2.31. The minimum absolute atomic E-state index is 0.0343. The summed E-state index contributed by atoms with van der Waals surface area (Å²) in [7, 11) is 1.53. The van der Waals surface area contributed by atoms with Crippen molar-refractivity contribution in [2.75, 3.05) is 26.1 Å². The number of para-hydroxylation sites is 1. The van der Waals surface area contributed by atoms with E-state index in [9.17, 15) is 9.18 Å². The zero-order valence-corrected chi connectivity index (χ0v) is 18.5. The van der Waals surface area contributed by atoms with E-state index in [1.807, 2.05) is 30.3 Å². The van der Waals surface area contributed by atoms with Gasteiger partial charge in [-0.25, -0.2) is 9.07 Å². The van der Waals surface area contributed by atoms with Crippen molar-refractivity contribution in [2.24, 2.45) is 5.73 Å². The molecule has 8 nitrogen and oxygen atoms in total. The van der Waals surface area contributed by atoms with Crippen LogP contribution in [0.25, 0.3) is 11.3 Å². The molecule has 1 fully saturated rings. The zero-order valence-electron chi connectivity index (χ0n) is 18.5. The van der Waals surface area contributed by atoms with Crippen molar-refractivity contribution in [1.82, 2.24) is 15.1 Å². The number of methoxy groups -OCH3 is 1. The third kappa shape index (κ3) is 4.69. The number of ether oxygens (including phenoxy) is 2. The fourth-order valence-electron chi connectivity index (χ4n) is 4.03. The van der Waals surface area contributed by atoms with E-state index in [0.29, 0.717) is 48.0 Å². The number of nitrogens with one attached hydrogen (secondary N) is 1. The van der Waals surface area contributed by atoms with Crippen LogP contribution in [0.4, 0.5) is 10.2 Å². The van der Waals surface area contributed by atoms with E-state index in [1.165, 1.54) is 7.11 Å². The Balaban J connectivity index is 1.50. The van der Waals surface area contributed by atoms with Crippen molar-refractivity contribution in [3.05, 3.63) is 65.2 Å². The number of hydrogen-bond donors (Lipinski definition) is 3. The first-order valence-electron chi connectivity index (χ1n) is 10.8. The van der Waals surface area contributed by atoms with Gasteiger partial charge in [0.05, 0.1) is 31.0 Å². The molecule has 174 valence electrons. The van der Waals surface area contributed by atoms with Crippen molar-refractivity contribution in [1.29, 1.82) is 0 Å². The van der Waals surface area contributed by atoms with E-state index < -0.39 is 12.2 Å². The first-order chi connectivity index (χ1) is 16.0. The molecule has 3 aromatic rings. The van der Waals surface area contributed by atoms with Crippen molar-refractivity contribution >= 4 is 11.7 Å². The molecule has 1 amide bonds. The molecule has 0 spiro atoms. The second-order valence-electron chi connectivity index (χ2n) is 7.89. The highest BCUT2D eigenvalue weighted by molar-refractivity contribution is 5.96. The molecule has 0 saturated carbocycles. The maximum atomic E-state index is 14.4. The van der Waals surface area contributed by atoms with E-state index >= 15 is 0 Å². The predicted molar refractivity (Wildman–Crippen MR) is 124 cm³/mol. The van der Waals surface area contributed by atoms with Gasteiger partial charge in [-0.15, -0.1) is 0 Å². The van der Waals surface area contributed by atoms with E-state index in [-0.39, 0.29) is 19.1 Å². The number of carbonyl (C=O) groups excluding carboxylic acids is 1. The summed E-state index contributed by atoms with van der Waals surface area (Å²) in [5, 5.41) is 7.52. The maximum Gasteiger partial charge on any atom is 0.255 e. The topological polar surface area (TPSA) is 117 Å². The first kappa shape index (κ1) is 22.8. The lowest BCUT2D eigenvalue weighted by Gasteiger charge is -2.27. The van der Waals surface area contributed by atoms with Gasteiger partial charge in [0.15, 0.2) is 0 Å².